The summed E-state index contributed by atoms with van der Waals surface area (Å²) in [5, 5.41) is 0. The van der Waals surface area contributed by atoms with Crippen LogP contribution in [0.3, 0.4) is 0 Å². The van der Waals surface area contributed by atoms with Crippen LogP contribution < -0.4 is 0 Å². The Morgan fingerprint density at radius 2 is 1.73 bits per heavy atom. The third-order valence-electron chi connectivity index (χ3n) is 4.25. The predicted molar refractivity (Wildman–Crippen MR) is 61.9 cm³/mol. The fourth-order valence-corrected chi connectivity index (χ4v) is 3.18. The van der Waals surface area contributed by atoms with Crippen molar-refractivity contribution in [3.05, 3.63) is 0 Å². The molecule has 2 nitrogen and oxygen atoms in total. The van der Waals surface area contributed by atoms with Crippen molar-refractivity contribution in [1.82, 2.24) is 4.90 Å². The second kappa shape index (κ2) is 4.25. The summed E-state index contributed by atoms with van der Waals surface area (Å²) in [6, 6.07) is 0.675. The molecule has 0 bridgehead atoms. The molecule has 0 aromatic heterocycles. The zero-order valence-corrected chi connectivity index (χ0v) is 10.1. The van der Waals surface area contributed by atoms with Gasteiger partial charge in [0.15, 0.2) is 5.78 Å². The molecule has 0 unspecified atom stereocenters. The first-order valence-electron chi connectivity index (χ1n) is 6.42. The second-order valence-electron chi connectivity index (χ2n) is 5.57. The van der Waals surface area contributed by atoms with Crippen LogP contribution in [0.15, 0.2) is 0 Å². The summed E-state index contributed by atoms with van der Waals surface area (Å²) in [7, 11) is 0. The molecule has 0 amide bonds. The number of carbonyl (C=O) groups is 1. The molecule has 0 aromatic carbocycles. The lowest BCUT2D eigenvalue weighted by molar-refractivity contribution is -0.124. The van der Waals surface area contributed by atoms with Gasteiger partial charge in [0.2, 0.25) is 0 Å². The van der Waals surface area contributed by atoms with Crippen molar-refractivity contribution < 1.29 is 4.79 Å². The Balaban J connectivity index is 2.06. The summed E-state index contributed by atoms with van der Waals surface area (Å²) >= 11 is 0. The molecule has 2 rings (SSSR count). The summed E-state index contributed by atoms with van der Waals surface area (Å²) in [6.07, 6.45) is 8.85. The fourth-order valence-electron chi connectivity index (χ4n) is 3.18. The molecule has 1 saturated heterocycles. The number of rotatable bonds is 1. The first kappa shape index (κ1) is 11.1. The van der Waals surface area contributed by atoms with Crippen LogP contribution in [0.1, 0.15) is 58.8 Å². The number of hydrogen-bond acceptors (Lipinski definition) is 2. The lowest BCUT2D eigenvalue weighted by atomic mass is 9.97. The standard InChI is InChI=1S/C13H23NO/c1-13(2)12(15)9-10-14(13)11-7-5-3-4-6-8-11/h11H,3-10H2,1-2H3. The topological polar surface area (TPSA) is 20.3 Å². The van der Waals surface area contributed by atoms with Gasteiger partial charge < -0.3 is 0 Å². The summed E-state index contributed by atoms with van der Waals surface area (Å²) in [6.45, 7) is 5.21. The number of hydrogen-bond donors (Lipinski definition) is 0. The number of nitrogens with zero attached hydrogens (tertiary/aromatic N) is 1. The highest BCUT2D eigenvalue weighted by atomic mass is 16.1. The molecule has 86 valence electrons. The first-order chi connectivity index (χ1) is 7.12. The van der Waals surface area contributed by atoms with Crippen molar-refractivity contribution in [2.24, 2.45) is 0 Å². The normalized spacial score (nSPS) is 29.3. The zero-order chi connectivity index (χ0) is 10.9. The van der Waals surface area contributed by atoms with E-state index in [1.807, 2.05) is 0 Å². The molecule has 1 heterocycles. The van der Waals surface area contributed by atoms with Crippen LogP contribution in [0.4, 0.5) is 0 Å². The molecule has 2 heteroatoms. The Morgan fingerprint density at radius 3 is 2.20 bits per heavy atom. The van der Waals surface area contributed by atoms with Gasteiger partial charge in [-0.2, -0.15) is 0 Å². The highest BCUT2D eigenvalue weighted by Crippen LogP contribution is 2.32. The minimum Gasteiger partial charge on any atom is -0.298 e. The van der Waals surface area contributed by atoms with Crippen LogP contribution in [0, 0.1) is 0 Å². The Hall–Kier alpha value is -0.370. The van der Waals surface area contributed by atoms with Crippen LogP contribution in [-0.4, -0.2) is 28.8 Å². The van der Waals surface area contributed by atoms with Gasteiger partial charge in [-0.15, -0.1) is 0 Å². The Labute approximate surface area is 93.0 Å². The number of Topliss-reactive ketones (excluding diaryl/α,β-unsaturated/α-hetero) is 1. The molecule has 1 aliphatic heterocycles. The van der Waals surface area contributed by atoms with Crippen LogP contribution in [0.25, 0.3) is 0 Å². The average Bonchev–Trinajstić information content (AvgIpc) is 2.46. The summed E-state index contributed by atoms with van der Waals surface area (Å²) in [4.78, 5) is 14.3. The van der Waals surface area contributed by atoms with Gasteiger partial charge >= 0.3 is 0 Å². The second-order valence-corrected chi connectivity index (χ2v) is 5.57. The van der Waals surface area contributed by atoms with Crippen molar-refractivity contribution in [1.29, 1.82) is 0 Å². The maximum Gasteiger partial charge on any atom is 0.153 e. The number of likely N-dealkylation sites (tertiary alicyclic amines) is 1. The van der Waals surface area contributed by atoms with E-state index >= 15 is 0 Å². The van der Waals surface area contributed by atoms with Gasteiger partial charge in [0.05, 0.1) is 5.54 Å². The molecule has 1 aliphatic carbocycles. The van der Waals surface area contributed by atoms with Gasteiger partial charge in [-0.05, 0) is 26.7 Å². The Morgan fingerprint density at radius 1 is 1.13 bits per heavy atom. The SMILES string of the molecule is CC1(C)C(=O)CCN1C1CCCCCC1. The van der Waals surface area contributed by atoms with Crippen molar-refractivity contribution in [3.63, 3.8) is 0 Å². The number of carbonyl (C=O) groups excluding carboxylic acids is 1. The molecule has 2 fully saturated rings. The van der Waals surface area contributed by atoms with E-state index in [9.17, 15) is 4.79 Å². The Kier molecular flexibility index (Phi) is 3.15. The molecular formula is C13H23NO. The molecule has 0 aromatic rings. The van der Waals surface area contributed by atoms with Crippen LogP contribution in [0.2, 0.25) is 0 Å². The minimum atomic E-state index is -0.186. The van der Waals surface area contributed by atoms with Gasteiger partial charge in [0.25, 0.3) is 0 Å². The van der Waals surface area contributed by atoms with Gasteiger partial charge in [-0.1, -0.05) is 25.7 Å². The monoisotopic (exact) mass is 209 g/mol. The first-order valence-corrected chi connectivity index (χ1v) is 6.42. The molecular weight excluding hydrogens is 186 g/mol. The highest BCUT2D eigenvalue weighted by molar-refractivity contribution is 5.89. The van der Waals surface area contributed by atoms with Gasteiger partial charge in [0, 0.05) is 19.0 Å². The van der Waals surface area contributed by atoms with Crippen LogP contribution >= 0.6 is 0 Å². The maximum atomic E-state index is 11.8. The fraction of sp³-hybridized carbons (Fsp3) is 0.923. The molecule has 1 saturated carbocycles. The van der Waals surface area contributed by atoms with Crippen molar-refractivity contribution in [3.8, 4) is 0 Å². The van der Waals surface area contributed by atoms with E-state index in [0.29, 0.717) is 11.8 Å². The van der Waals surface area contributed by atoms with E-state index in [0.717, 1.165) is 13.0 Å². The molecule has 15 heavy (non-hydrogen) atoms. The van der Waals surface area contributed by atoms with Gasteiger partial charge in [0.1, 0.15) is 0 Å². The summed E-state index contributed by atoms with van der Waals surface area (Å²) in [5.41, 5.74) is -0.186. The largest absolute Gasteiger partial charge is 0.298 e. The number of ketones is 1. The van der Waals surface area contributed by atoms with Crippen molar-refractivity contribution >= 4 is 5.78 Å². The van der Waals surface area contributed by atoms with Gasteiger partial charge in [-0.3, -0.25) is 9.69 Å². The average molecular weight is 209 g/mol. The van der Waals surface area contributed by atoms with E-state index < -0.39 is 0 Å². The van der Waals surface area contributed by atoms with Crippen molar-refractivity contribution in [2.45, 2.75) is 70.4 Å². The summed E-state index contributed by atoms with van der Waals surface area (Å²) in [5.74, 6) is 0.437. The molecule has 0 atom stereocenters. The van der Waals surface area contributed by atoms with E-state index in [1.165, 1.54) is 38.5 Å². The third kappa shape index (κ3) is 2.10. The van der Waals surface area contributed by atoms with Crippen LogP contribution in [-0.2, 0) is 4.79 Å². The molecule has 2 aliphatic rings. The van der Waals surface area contributed by atoms with E-state index in [2.05, 4.69) is 18.7 Å². The predicted octanol–water partition coefficient (Wildman–Crippen LogP) is 2.76. The van der Waals surface area contributed by atoms with E-state index in [-0.39, 0.29) is 5.54 Å². The lowest BCUT2D eigenvalue weighted by Crippen LogP contribution is -2.48. The van der Waals surface area contributed by atoms with Crippen LogP contribution in [0.5, 0.6) is 0 Å². The quantitative estimate of drug-likeness (QED) is 0.619. The molecule has 0 radical (unpaired) electrons. The highest BCUT2D eigenvalue weighted by Gasteiger charge is 2.42. The third-order valence-corrected chi connectivity index (χ3v) is 4.25. The minimum absolute atomic E-state index is 0.186. The van der Waals surface area contributed by atoms with E-state index in [1.54, 1.807) is 0 Å². The van der Waals surface area contributed by atoms with Crippen molar-refractivity contribution in [2.75, 3.05) is 6.54 Å². The Bertz CT molecular complexity index is 239. The smallest absolute Gasteiger partial charge is 0.153 e. The summed E-state index contributed by atoms with van der Waals surface area (Å²) < 4.78 is 0. The van der Waals surface area contributed by atoms with Gasteiger partial charge in [-0.25, -0.2) is 0 Å². The molecule has 0 spiro atoms. The lowest BCUT2D eigenvalue weighted by Gasteiger charge is -2.36. The maximum absolute atomic E-state index is 11.8. The van der Waals surface area contributed by atoms with E-state index in [4.69, 9.17) is 0 Å². The molecule has 0 N–H and O–H groups in total. The zero-order valence-electron chi connectivity index (χ0n) is 10.1.